The minimum Gasteiger partial charge on any atom is -0.481 e. The number of ether oxygens (including phenoxy) is 1. The maximum atomic E-state index is 12.6. The van der Waals surface area contributed by atoms with Crippen LogP contribution in [0.3, 0.4) is 0 Å². The average Bonchev–Trinajstić information content (AvgIpc) is 2.68. The predicted octanol–water partition coefficient (Wildman–Crippen LogP) is 4.73. The summed E-state index contributed by atoms with van der Waals surface area (Å²) in [6, 6.07) is 11.2. The van der Waals surface area contributed by atoms with E-state index in [9.17, 15) is 18.0 Å². The zero-order chi connectivity index (χ0) is 20.3. The molecule has 0 atom stereocenters. The summed E-state index contributed by atoms with van der Waals surface area (Å²) in [4.78, 5) is 21.1. The van der Waals surface area contributed by atoms with Gasteiger partial charge in [-0.05, 0) is 48.9 Å². The molecular formula is C20H16F3N3O2. The Morgan fingerprint density at radius 1 is 1.04 bits per heavy atom. The van der Waals surface area contributed by atoms with Crippen LogP contribution < -0.4 is 10.1 Å². The number of amides is 1. The van der Waals surface area contributed by atoms with E-state index in [4.69, 9.17) is 4.74 Å². The molecule has 3 aromatic rings. The molecule has 0 saturated heterocycles. The second-order valence-corrected chi connectivity index (χ2v) is 5.98. The molecular weight excluding hydrogens is 371 g/mol. The van der Waals surface area contributed by atoms with Crippen LogP contribution in [-0.2, 0) is 6.18 Å². The highest BCUT2D eigenvalue weighted by Gasteiger charge is 2.30. The topological polar surface area (TPSA) is 64.1 Å². The highest BCUT2D eigenvalue weighted by molar-refractivity contribution is 6.04. The van der Waals surface area contributed by atoms with Crippen LogP contribution in [0.1, 0.15) is 21.6 Å². The quantitative estimate of drug-likeness (QED) is 0.703. The number of carbonyl (C=O) groups excluding carboxylic acids is 1. The fraction of sp³-hybridized carbons (Fsp3) is 0.150. The van der Waals surface area contributed by atoms with Crippen LogP contribution in [0.2, 0.25) is 0 Å². The largest absolute Gasteiger partial charge is 0.481 e. The molecule has 0 aliphatic heterocycles. The van der Waals surface area contributed by atoms with E-state index in [1.165, 1.54) is 19.2 Å². The average molecular weight is 387 g/mol. The Bertz CT molecular complexity index is 985. The van der Waals surface area contributed by atoms with Crippen LogP contribution in [0, 0.1) is 6.92 Å². The lowest BCUT2D eigenvalue weighted by atomic mass is 10.1. The number of methoxy groups -OCH3 is 1. The van der Waals surface area contributed by atoms with E-state index >= 15 is 0 Å². The molecule has 1 aromatic carbocycles. The number of aromatic nitrogens is 2. The summed E-state index contributed by atoms with van der Waals surface area (Å²) in [5, 5.41) is 2.57. The molecule has 0 saturated carbocycles. The number of rotatable bonds is 4. The molecule has 1 N–H and O–H groups in total. The van der Waals surface area contributed by atoms with Crippen molar-refractivity contribution < 1.29 is 22.7 Å². The summed E-state index contributed by atoms with van der Waals surface area (Å²) in [6.45, 7) is 1.73. The van der Waals surface area contributed by atoms with Crippen LogP contribution in [0.5, 0.6) is 5.88 Å². The lowest BCUT2D eigenvalue weighted by molar-refractivity contribution is -0.137. The molecule has 0 unspecified atom stereocenters. The molecule has 2 heterocycles. The van der Waals surface area contributed by atoms with Gasteiger partial charge >= 0.3 is 6.18 Å². The monoisotopic (exact) mass is 387 g/mol. The van der Waals surface area contributed by atoms with Crippen molar-refractivity contribution in [1.29, 1.82) is 0 Å². The molecule has 2 aromatic heterocycles. The van der Waals surface area contributed by atoms with Crippen molar-refractivity contribution in [3.05, 3.63) is 71.5 Å². The van der Waals surface area contributed by atoms with E-state index in [0.29, 0.717) is 22.7 Å². The van der Waals surface area contributed by atoms with Gasteiger partial charge in [-0.1, -0.05) is 6.07 Å². The van der Waals surface area contributed by atoms with Crippen LogP contribution in [-0.4, -0.2) is 23.0 Å². The third kappa shape index (κ3) is 4.28. The van der Waals surface area contributed by atoms with Crippen LogP contribution in [0.4, 0.5) is 18.9 Å². The van der Waals surface area contributed by atoms with Gasteiger partial charge in [0.1, 0.15) is 5.69 Å². The van der Waals surface area contributed by atoms with E-state index in [-0.39, 0.29) is 11.4 Å². The molecule has 1 amide bonds. The fourth-order valence-corrected chi connectivity index (χ4v) is 2.50. The summed E-state index contributed by atoms with van der Waals surface area (Å²) in [5.41, 5.74) is 1.51. The number of carbonyl (C=O) groups is 1. The van der Waals surface area contributed by atoms with Crippen LogP contribution in [0.15, 0.2) is 54.7 Å². The molecule has 28 heavy (non-hydrogen) atoms. The van der Waals surface area contributed by atoms with Crippen molar-refractivity contribution in [2.75, 3.05) is 12.4 Å². The van der Waals surface area contributed by atoms with Gasteiger partial charge in [-0.2, -0.15) is 13.2 Å². The SMILES string of the molecule is COc1ccc(-c2ccc(C)c(C(=O)Nc3ccc(C(F)(F)F)cc3)n2)cn1. The molecule has 5 nitrogen and oxygen atoms in total. The molecule has 0 aliphatic carbocycles. The number of hydrogen-bond acceptors (Lipinski definition) is 4. The van der Waals surface area contributed by atoms with E-state index in [1.807, 2.05) is 0 Å². The Kier molecular flexibility index (Phi) is 5.30. The fourth-order valence-electron chi connectivity index (χ4n) is 2.50. The maximum Gasteiger partial charge on any atom is 0.416 e. The highest BCUT2D eigenvalue weighted by atomic mass is 19.4. The molecule has 8 heteroatoms. The van der Waals surface area contributed by atoms with Gasteiger partial charge in [-0.3, -0.25) is 4.79 Å². The Morgan fingerprint density at radius 2 is 1.75 bits per heavy atom. The number of alkyl halides is 3. The standard InChI is InChI=1S/C20H16F3N3O2/c1-12-3-9-16(13-4-10-17(28-2)24-11-13)26-18(12)19(27)25-15-7-5-14(6-8-15)20(21,22)23/h3-11H,1-2H3,(H,25,27). The van der Waals surface area contributed by atoms with Gasteiger partial charge in [-0.15, -0.1) is 0 Å². The van der Waals surface area contributed by atoms with E-state index in [1.54, 1.807) is 37.4 Å². The molecule has 0 spiro atoms. The van der Waals surface area contributed by atoms with E-state index in [0.717, 1.165) is 12.1 Å². The molecule has 144 valence electrons. The van der Waals surface area contributed by atoms with Gasteiger partial charge < -0.3 is 10.1 Å². The number of pyridine rings is 2. The molecule has 0 bridgehead atoms. The zero-order valence-electron chi connectivity index (χ0n) is 15.0. The van der Waals surface area contributed by atoms with Crippen molar-refractivity contribution in [2.45, 2.75) is 13.1 Å². The minimum atomic E-state index is -4.43. The molecule has 0 fully saturated rings. The van der Waals surface area contributed by atoms with Crippen molar-refractivity contribution in [2.24, 2.45) is 0 Å². The van der Waals surface area contributed by atoms with Gasteiger partial charge in [0.05, 0.1) is 18.4 Å². The highest BCUT2D eigenvalue weighted by Crippen LogP contribution is 2.30. The van der Waals surface area contributed by atoms with Gasteiger partial charge in [0.2, 0.25) is 5.88 Å². The Balaban J connectivity index is 1.83. The van der Waals surface area contributed by atoms with Crippen molar-refractivity contribution in [3.63, 3.8) is 0 Å². The van der Waals surface area contributed by atoms with Crippen molar-refractivity contribution in [1.82, 2.24) is 9.97 Å². The van der Waals surface area contributed by atoms with Gasteiger partial charge in [-0.25, -0.2) is 9.97 Å². The number of hydrogen-bond donors (Lipinski definition) is 1. The summed E-state index contributed by atoms with van der Waals surface area (Å²) < 4.78 is 42.9. The number of nitrogens with zero attached hydrogens (tertiary/aromatic N) is 2. The number of benzene rings is 1. The summed E-state index contributed by atoms with van der Waals surface area (Å²) >= 11 is 0. The first kappa shape index (κ1) is 19.3. The smallest absolute Gasteiger partial charge is 0.416 e. The normalized spacial score (nSPS) is 11.2. The summed E-state index contributed by atoms with van der Waals surface area (Å²) in [6.07, 6.45) is -2.85. The van der Waals surface area contributed by atoms with Crippen LogP contribution >= 0.6 is 0 Å². The Morgan fingerprint density at radius 3 is 2.32 bits per heavy atom. The van der Waals surface area contributed by atoms with Gasteiger partial charge in [0.15, 0.2) is 0 Å². The van der Waals surface area contributed by atoms with Crippen molar-refractivity contribution in [3.8, 4) is 17.1 Å². The lowest BCUT2D eigenvalue weighted by Crippen LogP contribution is -2.16. The number of anilines is 1. The Hall–Kier alpha value is -3.42. The van der Waals surface area contributed by atoms with Gasteiger partial charge in [0, 0.05) is 23.5 Å². The third-order valence-electron chi connectivity index (χ3n) is 4.02. The number of nitrogens with one attached hydrogen (secondary N) is 1. The number of aryl methyl sites for hydroxylation is 1. The first-order valence-corrected chi connectivity index (χ1v) is 8.24. The Labute approximate surface area is 159 Å². The molecule has 0 aliphatic rings. The zero-order valence-corrected chi connectivity index (χ0v) is 15.0. The second-order valence-electron chi connectivity index (χ2n) is 5.98. The second kappa shape index (κ2) is 7.67. The lowest BCUT2D eigenvalue weighted by Gasteiger charge is -2.11. The first-order chi connectivity index (χ1) is 13.3. The molecule has 0 radical (unpaired) electrons. The summed E-state index contributed by atoms with van der Waals surface area (Å²) in [7, 11) is 1.51. The van der Waals surface area contributed by atoms with Crippen LogP contribution in [0.25, 0.3) is 11.3 Å². The number of halogens is 3. The maximum absolute atomic E-state index is 12.6. The molecule has 3 rings (SSSR count). The van der Waals surface area contributed by atoms with Crippen molar-refractivity contribution >= 4 is 11.6 Å². The predicted molar refractivity (Wildman–Crippen MR) is 98.2 cm³/mol. The van der Waals surface area contributed by atoms with E-state index in [2.05, 4.69) is 15.3 Å². The van der Waals surface area contributed by atoms with Gasteiger partial charge in [0.25, 0.3) is 5.91 Å². The van der Waals surface area contributed by atoms with E-state index < -0.39 is 17.6 Å². The summed E-state index contributed by atoms with van der Waals surface area (Å²) in [5.74, 6) is -0.0586. The minimum absolute atomic E-state index is 0.174. The third-order valence-corrected chi connectivity index (χ3v) is 4.02. The first-order valence-electron chi connectivity index (χ1n) is 8.24.